The molecule has 0 radical (unpaired) electrons. The Bertz CT molecular complexity index is 482. The van der Waals surface area contributed by atoms with Crippen LogP contribution in [0.5, 0.6) is 0 Å². The summed E-state index contributed by atoms with van der Waals surface area (Å²) in [6.07, 6.45) is -1.50. The fourth-order valence-corrected chi connectivity index (χ4v) is 1.44. The largest absolute Gasteiger partial charge is 0.478 e. The van der Waals surface area contributed by atoms with Crippen LogP contribution in [0.25, 0.3) is 0 Å². The van der Waals surface area contributed by atoms with Gasteiger partial charge < -0.3 is 9.84 Å². The van der Waals surface area contributed by atoms with Crippen LogP contribution >= 0.6 is 0 Å². The monoisotopic (exact) mass is 250 g/mol. The van der Waals surface area contributed by atoms with Crippen LogP contribution in [-0.2, 0) is 14.3 Å². The molecule has 2 N–H and O–H groups in total. The highest BCUT2D eigenvalue weighted by atomic mass is 16.6. The molecule has 7 nitrogen and oxygen atoms in total. The van der Waals surface area contributed by atoms with Crippen LogP contribution in [0.15, 0.2) is 35.4 Å². The predicted octanol–water partition coefficient (Wildman–Crippen LogP) is 1.29. The van der Waals surface area contributed by atoms with Crippen molar-refractivity contribution in [3.63, 3.8) is 0 Å². The van der Waals surface area contributed by atoms with Crippen LogP contribution in [0.2, 0.25) is 0 Å². The molecule has 0 saturated carbocycles. The lowest BCUT2D eigenvalue weighted by Gasteiger charge is -2.15. The Hall–Kier alpha value is -2.53. The second-order valence-corrected chi connectivity index (χ2v) is 3.44. The Balaban J connectivity index is 3.12. The average Bonchev–Trinajstić information content (AvgIpc) is 2.34. The van der Waals surface area contributed by atoms with Gasteiger partial charge in [-0.1, -0.05) is 30.3 Å². The molecule has 1 aromatic carbocycles. The molecule has 7 heteroatoms. The maximum absolute atomic E-state index is 11.1. The van der Waals surface area contributed by atoms with Gasteiger partial charge in [0.05, 0.1) is 0 Å². The molecule has 0 aromatic heterocycles. The highest BCUT2D eigenvalue weighted by molar-refractivity contribution is 5.78. The third kappa shape index (κ3) is 3.50. The summed E-state index contributed by atoms with van der Waals surface area (Å²) in [5.74, 6) is -2.07. The van der Waals surface area contributed by atoms with Gasteiger partial charge in [-0.05, 0) is 5.56 Å². The maximum atomic E-state index is 11.1. The number of carbonyl (C=O) groups excluding carboxylic acids is 1. The smallest absolute Gasteiger partial charge is 0.347 e. The van der Waals surface area contributed by atoms with E-state index in [2.05, 4.69) is 10.0 Å². The van der Waals surface area contributed by atoms with Gasteiger partial charge >= 0.3 is 11.9 Å². The highest BCUT2D eigenvalue weighted by Crippen LogP contribution is 2.23. The van der Waals surface area contributed by atoms with Crippen molar-refractivity contribution in [2.45, 2.75) is 19.1 Å². The molecule has 18 heavy (non-hydrogen) atoms. The van der Waals surface area contributed by atoms with E-state index in [0.29, 0.717) is 5.56 Å². The Morgan fingerprint density at radius 1 is 1.39 bits per heavy atom. The van der Waals surface area contributed by atoms with Gasteiger partial charge in [-0.3, -0.25) is 4.79 Å². The van der Waals surface area contributed by atoms with Gasteiger partial charge in [-0.25, -0.2) is 4.79 Å². The number of carboxylic acids is 1. The summed E-state index contributed by atoms with van der Waals surface area (Å²) in [7, 11) is 0. The minimum absolute atomic E-state index is 0.502. The van der Waals surface area contributed by atoms with Crippen LogP contribution < -0.4 is 4.91 Å². The molecule has 0 aliphatic heterocycles. The van der Waals surface area contributed by atoms with Crippen molar-refractivity contribution >= 4 is 11.9 Å². The fourth-order valence-electron chi connectivity index (χ4n) is 1.44. The number of carboxylic acid groups (broad SMARTS) is 1. The topological polar surface area (TPSA) is 114 Å². The number of aliphatic carboxylic acids is 1. The van der Waals surface area contributed by atoms with E-state index in [1.54, 1.807) is 30.3 Å². The number of nitrogens with one attached hydrogen (secondary N) is 1. The molecule has 2 atom stereocenters. The number of benzene rings is 1. The van der Waals surface area contributed by atoms with E-state index in [0.717, 1.165) is 6.92 Å². The predicted molar refractivity (Wildman–Crippen MR) is 59.7 cm³/mol. The average molecular weight is 250 g/mol. The first-order chi connectivity index (χ1) is 8.56. The van der Waals surface area contributed by atoms with E-state index in [4.69, 9.17) is 15.4 Å². The highest BCUT2D eigenvalue weighted by Gasteiger charge is 2.36. The summed E-state index contributed by atoms with van der Waals surface area (Å²) in [4.78, 5) is 24.8. The van der Waals surface area contributed by atoms with Crippen LogP contribution in [0.3, 0.4) is 0 Å². The number of ether oxygens (including phenoxy) is 1. The quantitative estimate of drug-likeness (QED) is 0.465. The molecular formula is C11H12N3O4+. The molecule has 0 amide bonds. The number of rotatable bonds is 5. The fraction of sp³-hybridized carbons (Fsp3) is 0.273. The minimum Gasteiger partial charge on any atom is -0.478 e. The van der Waals surface area contributed by atoms with Crippen molar-refractivity contribution in [3.8, 4) is 0 Å². The van der Waals surface area contributed by atoms with Crippen LogP contribution in [-0.4, -0.2) is 23.1 Å². The van der Waals surface area contributed by atoms with Crippen molar-refractivity contribution in [1.82, 2.24) is 4.91 Å². The Morgan fingerprint density at radius 3 is 2.44 bits per heavy atom. The standard InChI is InChI=1S/C11H11N3O4/c1-7(15)18-10(11(16)17)9(13-14-12)8-5-3-2-4-6-8/h2-6,9-10,12H,1H3/p+1. The molecule has 1 rings (SSSR count). The molecule has 0 aliphatic rings. The third-order valence-electron chi connectivity index (χ3n) is 2.15. The van der Waals surface area contributed by atoms with E-state index in [1.807, 2.05) is 0 Å². The second-order valence-electron chi connectivity index (χ2n) is 3.44. The van der Waals surface area contributed by atoms with Gasteiger partial charge in [0.1, 0.15) is 10.6 Å². The van der Waals surface area contributed by atoms with E-state index < -0.39 is 24.1 Å². The summed E-state index contributed by atoms with van der Waals surface area (Å²) in [5.41, 5.74) is 7.23. The third-order valence-corrected chi connectivity index (χ3v) is 2.15. The number of hydrogen-bond donors (Lipinski definition) is 2. The lowest BCUT2D eigenvalue weighted by molar-refractivity contribution is -0.164. The number of carbonyl (C=O) groups is 2. The van der Waals surface area contributed by atoms with Gasteiger partial charge in [0, 0.05) is 6.92 Å². The summed E-state index contributed by atoms with van der Waals surface area (Å²) in [6.45, 7) is 1.11. The number of hydrogen-bond acceptors (Lipinski definition) is 5. The normalized spacial score (nSPS) is 12.9. The lowest BCUT2D eigenvalue weighted by atomic mass is 10.0. The van der Waals surface area contributed by atoms with E-state index in [9.17, 15) is 9.59 Å². The Morgan fingerprint density at radius 2 is 2.00 bits per heavy atom. The second kappa shape index (κ2) is 6.27. The van der Waals surface area contributed by atoms with Crippen LogP contribution in [0.4, 0.5) is 0 Å². The van der Waals surface area contributed by atoms with Gasteiger partial charge in [-0.15, -0.1) is 0 Å². The van der Waals surface area contributed by atoms with Crippen molar-refractivity contribution in [1.29, 1.82) is 5.53 Å². The first-order valence-electron chi connectivity index (χ1n) is 5.07. The van der Waals surface area contributed by atoms with Gasteiger partial charge in [0.25, 0.3) is 0 Å². The van der Waals surface area contributed by atoms with Crippen LogP contribution in [0, 0.1) is 5.53 Å². The van der Waals surface area contributed by atoms with Gasteiger partial charge in [0.2, 0.25) is 17.1 Å². The van der Waals surface area contributed by atoms with Crippen molar-refractivity contribution in [2.24, 2.45) is 5.11 Å². The number of nitrogens with zero attached hydrogens (tertiary/aromatic N) is 2. The van der Waals surface area contributed by atoms with Crippen LogP contribution in [0.1, 0.15) is 18.5 Å². The Kier molecular flexibility index (Phi) is 4.71. The summed E-state index contributed by atoms with van der Waals surface area (Å²) in [6, 6.07) is 7.34. The van der Waals surface area contributed by atoms with E-state index in [1.165, 1.54) is 0 Å². The van der Waals surface area contributed by atoms with E-state index in [-0.39, 0.29) is 0 Å². The van der Waals surface area contributed by atoms with E-state index >= 15 is 0 Å². The first kappa shape index (κ1) is 13.5. The zero-order valence-corrected chi connectivity index (χ0v) is 9.61. The zero-order valence-electron chi connectivity index (χ0n) is 9.61. The Labute approximate surface area is 103 Å². The lowest BCUT2D eigenvalue weighted by Crippen LogP contribution is -2.32. The minimum atomic E-state index is -1.50. The first-order valence-corrected chi connectivity index (χ1v) is 5.07. The number of esters is 1. The molecule has 0 fully saturated rings. The summed E-state index contributed by atoms with van der Waals surface area (Å²) in [5, 5.41) is 12.5. The molecule has 0 bridgehead atoms. The molecule has 2 unspecified atom stereocenters. The zero-order chi connectivity index (χ0) is 13.5. The molecule has 0 spiro atoms. The van der Waals surface area contributed by atoms with Gasteiger partial charge in [0.15, 0.2) is 0 Å². The molecule has 0 saturated heterocycles. The SMILES string of the molecule is CC(=O)OC(C(=O)O)C(N=[N+]=N)c1ccccc1. The van der Waals surface area contributed by atoms with Gasteiger partial charge in [-0.2, -0.15) is 0 Å². The summed E-state index contributed by atoms with van der Waals surface area (Å²) < 4.78 is 4.71. The van der Waals surface area contributed by atoms with Crippen molar-refractivity contribution < 1.29 is 19.4 Å². The summed E-state index contributed by atoms with van der Waals surface area (Å²) >= 11 is 0. The molecule has 1 aromatic rings. The van der Waals surface area contributed by atoms with Crippen molar-refractivity contribution in [3.05, 3.63) is 35.9 Å². The molecule has 0 heterocycles. The molecular weight excluding hydrogens is 238 g/mol. The maximum Gasteiger partial charge on any atom is 0.347 e. The van der Waals surface area contributed by atoms with Crippen molar-refractivity contribution in [2.75, 3.05) is 0 Å². The molecule has 94 valence electrons. The molecule has 0 aliphatic carbocycles.